The van der Waals surface area contributed by atoms with Crippen molar-refractivity contribution in [2.75, 3.05) is 11.9 Å². The summed E-state index contributed by atoms with van der Waals surface area (Å²) in [5.74, 6) is 1.77. The molecule has 0 saturated carbocycles. The Morgan fingerprint density at radius 2 is 1.94 bits per heavy atom. The Morgan fingerprint density at radius 3 is 2.64 bits per heavy atom. The minimum absolute atomic E-state index is 0.0147. The fraction of sp³-hybridized carbons (Fsp3) is 0.423. The molecule has 2 N–H and O–H groups in total. The van der Waals surface area contributed by atoms with Crippen LogP contribution in [0, 0.1) is 5.92 Å². The molecule has 1 aromatic carbocycles. The molecule has 1 unspecified atom stereocenters. The molecule has 3 heterocycles. The topological polar surface area (TPSA) is 89.0 Å². The SMILES string of the molecule is CCCCc1cc(NC(CO)CC(C)C)nc(-n2cnc(-c3cc4cc(C(F)(F)F)ccc4o3)c2)n1. The lowest BCUT2D eigenvalue weighted by atomic mass is 10.0. The van der Waals surface area contributed by atoms with Gasteiger partial charge in [0.05, 0.1) is 18.2 Å². The Morgan fingerprint density at radius 1 is 1.14 bits per heavy atom. The predicted molar refractivity (Wildman–Crippen MR) is 132 cm³/mol. The van der Waals surface area contributed by atoms with Gasteiger partial charge < -0.3 is 14.8 Å². The Bertz CT molecular complexity index is 1310. The number of benzene rings is 1. The maximum atomic E-state index is 13.1. The van der Waals surface area contributed by atoms with Gasteiger partial charge in [-0.25, -0.2) is 9.97 Å². The largest absolute Gasteiger partial charge is 0.454 e. The van der Waals surface area contributed by atoms with Crippen LogP contribution in [-0.2, 0) is 12.6 Å². The van der Waals surface area contributed by atoms with E-state index in [0.717, 1.165) is 43.5 Å². The number of anilines is 1. The smallest absolute Gasteiger partial charge is 0.416 e. The number of aliphatic hydroxyl groups is 1. The van der Waals surface area contributed by atoms with Gasteiger partial charge in [0.1, 0.15) is 23.4 Å². The predicted octanol–water partition coefficient (Wildman–Crippen LogP) is 6.26. The number of fused-ring (bicyclic) bond motifs is 1. The van der Waals surface area contributed by atoms with Gasteiger partial charge in [-0.1, -0.05) is 27.2 Å². The number of rotatable bonds is 10. The van der Waals surface area contributed by atoms with Gasteiger partial charge in [-0.2, -0.15) is 18.2 Å². The highest BCUT2D eigenvalue weighted by Gasteiger charge is 2.30. The van der Waals surface area contributed by atoms with Gasteiger partial charge in [-0.05, 0) is 49.4 Å². The van der Waals surface area contributed by atoms with Crippen molar-refractivity contribution in [1.82, 2.24) is 19.5 Å². The lowest BCUT2D eigenvalue weighted by molar-refractivity contribution is -0.137. The number of imidazole rings is 1. The molecule has 0 saturated heterocycles. The van der Waals surface area contributed by atoms with Crippen LogP contribution in [0.5, 0.6) is 0 Å². The number of aliphatic hydroxyl groups excluding tert-OH is 1. The minimum Gasteiger partial charge on any atom is -0.454 e. The molecule has 0 spiro atoms. The number of nitrogens with zero attached hydrogens (tertiary/aromatic N) is 4. The number of aryl methyl sites for hydroxylation is 1. The Hall–Kier alpha value is -3.40. The van der Waals surface area contributed by atoms with E-state index in [1.54, 1.807) is 23.2 Å². The van der Waals surface area contributed by atoms with E-state index in [4.69, 9.17) is 4.42 Å². The van der Waals surface area contributed by atoms with Crippen molar-refractivity contribution in [3.63, 3.8) is 0 Å². The molecule has 3 aromatic heterocycles. The zero-order valence-electron chi connectivity index (χ0n) is 20.5. The molecule has 0 aliphatic rings. The Balaban J connectivity index is 1.64. The summed E-state index contributed by atoms with van der Waals surface area (Å²) in [5, 5.41) is 13.5. The molecule has 4 aromatic rings. The molecular weight excluding hydrogens is 471 g/mol. The standard InChI is InChI=1S/C26H30F3N5O2/c1-4-5-6-19-12-24(31-20(14-35)9-16(2)3)33-25(32-19)34-13-21(30-15-34)23-11-17-10-18(26(27,28)29)7-8-22(17)36-23/h7-8,10-13,15-16,20,35H,4-6,9,14H2,1-3H3,(H,31,32,33). The number of hydrogen-bond donors (Lipinski definition) is 2. The summed E-state index contributed by atoms with van der Waals surface area (Å²) in [6.45, 7) is 6.28. The molecule has 192 valence electrons. The van der Waals surface area contributed by atoms with Crippen LogP contribution in [0.4, 0.5) is 19.0 Å². The molecule has 7 nitrogen and oxygen atoms in total. The number of unbranched alkanes of at least 4 members (excludes halogenated alkanes) is 1. The van der Waals surface area contributed by atoms with Crippen LogP contribution in [0.15, 0.2) is 47.3 Å². The van der Waals surface area contributed by atoms with E-state index >= 15 is 0 Å². The van der Waals surface area contributed by atoms with Crippen molar-refractivity contribution in [3.05, 3.63) is 54.1 Å². The highest BCUT2D eigenvalue weighted by Crippen LogP contribution is 2.34. The zero-order valence-corrected chi connectivity index (χ0v) is 20.5. The lowest BCUT2D eigenvalue weighted by Crippen LogP contribution is -2.26. The molecule has 36 heavy (non-hydrogen) atoms. The van der Waals surface area contributed by atoms with Gasteiger partial charge in [-0.15, -0.1) is 0 Å². The monoisotopic (exact) mass is 501 g/mol. The van der Waals surface area contributed by atoms with E-state index in [9.17, 15) is 18.3 Å². The third-order valence-corrected chi connectivity index (χ3v) is 5.79. The average Bonchev–Trinajstić information content (AvgIpc) is 3.48. The molecule has 0 bridgehead atoms. The first-order chi connectivity index (χ1) is 17.2. The van der Waals surface area contributed by atoms with Gasteiger partial charge in [-0.3, -0.25) is 4.57 Å². The summed E-state index contributed by atoms with van der Waals surface area (Å²) >= 11 is 0. The summed E-state index contributed by atoms with van der Waals surface area (Å²) in [5.41, 5.74) is 0.926. The highest BCUT2D eigenvalue weighted by atomic mass is 19.4. The summed E-state index contributed by atoms with van der Waals surface area (Å²) in [4.78, 5) is 13.7. The van der Waals surface area contributed by atoms with Crippen LogP contribution in [0.2, 0.25) is 0 Å². The maximum absolute atomic E-state index is 13.1. The quantitative estimate of drug-likeness (QED) is 0.267. The van der Waals surface area contributed by atoms with E-state index < -0.39 is 11.7 Å². The van der Waals surface area contributed by atoms with E-state index in [0.29, 0.717) is 40.1 Å². The highest BCUT2D eigenvalue weighted by molar-refractivity contribution is 5.83. The number of halogens is 3. The number of alkyl halides is 3. The second-order valence-electron chi connectivity index (χ2n) is 9.33. The first-order valence-corrected chi connectivity index (χ1v) is 12.1. The third kappa shape index (κ3) is 6.04. The van der Waals surface area contributed by atoms with Crippen molar-refractivity contribution >= 4 is 16.8 Å². The van der Waals surface area contributed by atoms with Crippen molar-refractivity contribution in [1.29, 1.82) is 0 Å². The van der Waals surface area contributed by atoms with Crippen LogP contribution < -0.4 is 5.32 Å². The number of furan rings is 1. The molecule has 0 amide bonds. The lowest BCUT2D eigenvalue weighted by Gasteiger charge is -2.19. The van der Waals surface area contributed by atoms with E-state index in [-0.39, 0.29) is 12.6 Å². The first-order valence-electron chi connectivity index (χ1n) is 12.1. The van der Waals surface area contributed by atoms with Gasteiger partial charge >= 0.3 is 6.18 Å². The van der Waals surface area contributed by atoms with Crippen LogP contribution >= 0.6 is 0 Å². The maximum Gasteiger partial charge on any atom is 0.416 e. The fourth-order valence-electron chi connectivity index (χ4n) is 4.02. The van der Waals surface area contributed by atoms with E-state index in [1.807, 2.05) is 6.07 Å². The van der Waals surface area contributed by atoms with Crippen LogP contribution in [0.3, 0.4) is 0 Å². The molecule has 0 aliphatic heterocycles. The molecule has 1 atom stereocenters. The molecule has 4 rings (SSSR count). The average molecular weight is 502 g/mol. The molecular formula is C26H30F3N5O2. The Kier molecular flexibility index (Phi) is 7.63. The van der Waals surface area contributed by atoms with Crippen molar-refractivity contribution in [2.45, 2.75) is 58.7 Å². The second-order valence-corrected chi connectivity index (χ2v) is 9.33. The summed E-state index contributed by atoms with van der Waals surface area (Å²) in [7, 11) is 0. The summed E-state index contributed by atoms with van der Waals surface area (Å²) in [6, 6.07) is 6.68. The fourth-order valence-corrected chi connectivity index (χ4v) is 4.02. The van der Waals surface area contributed by atoms with Gasteiger partial charge in [0.2, 0.25) is 5.95 Å². The normalized spacial score (nSPS) is 13.0. The molecule has 0 fully saturated rings. The second kappa shape index (κ2) is 10.7. The summed E-state index contributed by atoms with van der Waals surface area (Å²) in [6.07, 6.45) is 2.36. The van der Waals surface area contributed by atoms with Crippen LogP contribution in [0.25, 0.3) is 28.4 Å². The number of nitrogens with one attached hydrogen (secondary N) is 1. The third-order valence-electron chi connectivity index (χ3n) is 5.79. The van der Waals surface area contributed by atoms with Crippen molar-refractivity contribution in [2.24, 2.45) is 5.92 Å². The first kappa shape index (κ1) is 25.7. The zero-order chi connectivity index (χ0) is 25.9. The number of aromatic nitrogens is 4. The van der Waals surface area contributed by atoms with Crippen LogP contribution in [0.1, 0.15) is 51.3 Å². The molecule has 10 heteroatoms. The Labute approximate surface area is 207 Å². The van der Waals surface area contributed by atoms with Gasteiger partial charge in [0, 0.05) is 23.3 Å². The van der Waals surface area contributed by atoms with Gasteiger partial charge in [0.15, 0.2) is 5.76 Å². The molecule has 0 aliphatic carbocycles. The van der Waals surface area contributed by atoms with Gasteiger partial charge in [0.25, 0.3) is 0 Å². The van der Waals surface area contributed by atoms with E-state index in [1.165, 1.54) is 6.07 Å². The van der Waals surface area contributed by atoms with Crippen molar-refractivity contribution in [3.8, 4) is 17.4 Å². The summed E-state index contributed by atoms with van der Waals surface area (Å²) < 4.78 is 46.6. The van der Waals surface area contributed by atoms with Crippen molar-refractivity contribution < 1.29 is 22.7 Å². The number of hydrogen-bond acceptors (Lipinski definition) is 6. The van der Waals surface area contributed by atoms with Crippen LogP contribution in [-0.4, -0.2) is 37.3 Å². The van der Waals surface area contributed by atoms with E-state index in [2.05, 4.69) is 41.0 Å². The minimum atomic E-state index is -4.43. The molecule has 0 radical (unpaired) electrons.